The molecule has 5 nitrogen and oxygen atoms in total. The largest absolute Gasteiger partial charge is 0.349 e. The van der Waals surface area contributed by atoms with Crippen molar-refractivity contribution < 1.29 is 4.79 Å². The van der Waals surface area contributed by atoms with E-state index in [0.717, 1.165) is 18.5 Å². The van der Waals surface area contributed by atoms with Crippen LogP contribution in [0.2, 0.25) is 0 Å². The maximum atomic E-state index is 11.9. The lowest BCUT2D eigenvalue weighted by molar-refractivity contribution is 0.0940. The van der Waals surface area contributed by atoms with Crippen LogP contribution in [0.25, 0.3) is 0 Å². The van der Waals surface area contributed by atoms with E-state index in [-0.39, 0.29) is 11.9 Å². The molecular formula is C12H22N4O. The summed E-state index contributed by atoms with van der Waals surface area (Å²) in [5.41, 5.74) is 7.31. The predicted octanol–water partition coefficient (Wildman–Crippen LogP) is 1.07. The van der Waals surface area contributed by atoms with E-state index in [0.29, 0.717) is 18.8 Å². The molecule has 5 heteroatoms. The van der Waals surface area contributed by atoms with Crippen LogP contribution in [0.5, 0.6) is 0 Å². The molecule has 0 aromatic carbocycles. The summed E-state index contributed by atoms with van der Waals surface area (Å²) >= 11 is 0. The lowest BCUT2D eigenvalue weighted by Gasteiger charge is -2.11. The van der Waals surface area contributed by atoms with Gasteiger partial charge in [-0.2, -0.15) is 5.10 Å². The van der Waals surface area contributed by atoms with Crippen LogP contribution in [0, 0.1) is 6.92 Å². The molecule has 0 aliphatic heterocycles. The number of aryl methyl sites for hydroxylation is 2. The third-order valence-corrected chi connectivity index (χ3v) is 2.62. The van der Waals surface area contributed by atoms with Gasteiger partial charge in [-0.05, 0) is 26.3 Å². The molecule has 0 saturated heterocycles. The number of nitrogens with zero attached hydrogens (tertiary/aromatic N) is 2. The van der Waals surface area contributed by atoms with Gasteiger partial charge in [-0.3, -0.25) is 9.48 Å². The first kappa shape index (κ1) is 13.7. The number of aromatic nitrogens is 2. The zero-order valence-corrected chi connectivity index (χ0v) is 10.9. The van der Waals surface area contributed by atoms with Crippen LogP contribution in [0.3, 0.4) is 0 Å². The molecule has 3 N–H and O–H groups in total. The van der Waals surface area contributed by atoms with Gasteiger partial charge in [0.2, 0.25) is 0 Å². The Kier molecular flexibility index (Phi) is 5.15. The fourth-order valence-corrected chi connectivity index (χ4v) is 1.76. The minimum atomic E-state index is -0.0981. The average molecular weight is 238 g/mol. The number of rotatable bonds is 6. The molecule has 1 aromatic rings. The van der Waals surface area contributed by atoms with Gasteiger partial charge in [0, 0.05) is 19.1 Å². The number of carbonyl (C=O) groups is 1. The summed E-state index contributed by atoms with van der Waals surface area (Å²) in [7, 11) is 0. The van der Waals surface area contributed by atoms with Gasteiger partial charge in [-0.15, -0.1) is 0 Å². The van der Waals surface area contributed by atoms with E-state index in [1.54, 1.807) is 10.7 Å². The highest BCUT2D eigenvalue weighted by atomic mass is 16.2. The third kappa shape index (κ3) is 3.85. The summed E-state index contributed by atoms with van der Waals surface area (Å²) in [6.07, 6.45) is 1.95. The van der Waals surface area contributed by atoms with Crippen molar-refractivity contribution in [3.8, 4) is 0 Å². The van der Waals surface area contributed by atoms with Crippen molar-refractivity contribution in [3.63, 3.8) is 0 Å². The fraction of sp³-hybridized carbons (Fsp3) is 0.667. The molecule has 0 spiro atoms. The zero-order chi connectivity index (χ0) is 12.8. The van der Waals surface area contributed by atoms with Crippen LogP contribution >= 0.6 is 0 Å². The number of hydrogen-bond donors (Lipinski definition) is 2. The Morgan fingerprint density at radius 3 is 2.88 bits per heavy atom. The molecule has 96 valence electrons. The van der Waals surface area contributed by atoms with Crippen molar-refractivity contribution in [2.24, 2.45) is 5.73 Å². The first-order chi connectivity index (χ1) is 8.08. The molecule has 1 atom stereocenters. The van der Waals surface area contributed by atoms with Crippen LogP contribution in [0.15, 0.2) is 6.07 Å². The van der Waals surface area contributed by atoms with Crippen molar-refractivity contribution in [1.29, 1.82) is 0 Å². The van der Waals surface area contributed by atoms with E-state index in [1.165, 1.54) is 0 Å². The van der Waals surface area contributed by atoms with Gasteiger partial charge in [0.15, 0.2) is 0 Å². The smallest absolute Gasteiger partial charge is 0.269 e. The Morgan fingerprint density at radius 2 is 2.29 bits per heavy atom. The first-order valence-electron chi connectivity index (χ1n) is 6.16. The van der Waals surface area contributed by atoms with Crippen LogP contribution in [0.4, 0.5) is 0 Å². The van der Waals surface area contributed by atoms with Crippen LogP contribution in [-0.4, -0.2) is 28.3 Å². The lowest BCUT2D eigenvalue weighted by Crippen LogP contribution is -2.37. The fourth-order valence-electron chi connectivity index (χ4n) is 1.76. The van der Waals surface area contributed by atoms with Crippen LogP contribution in [0.1, 0.15) is 42.9 Å². The molecule has 1 amide bonds. The van der Waals surface area contributed by atoms with Crippen molar-refractivity contribution in [1.82, 2.24) is 15.1 Å². The van der Waals surface area contributed by atoms with Crippen LogP contribution < -0.4 is 11.1 Å². The normalized spacial score (nSPS) is 12.5. The Balaban J connectivity index is 2.57. The highest BCUT2D eigenvalue weighted by Gasteiger charge is 2.13. The molecule has 1 aromatic heterocycles. The monoisotopic (exact) mass is 238 g/mol. The highest BCUT2D eigenvalue weighted by Crippen LogP contribution is 2.03. The van der Waals surface area contributed by atoms with Gasteiger partial charge in [-0.1, -0.05) is 13.3 Å². The molecule has 1 rings (SSSR count). The van der Waals surface area contributed by atoms with Crippen molar-refractivity contribution in [3.05, 3.63) is 17.5 Å². The first-order valence-corrected chi connectivity index (χ1v) is 6.16. The topological polar surface area (TPSA) is 72.9 Å². The molecule has 0 radical (unpaired) electrons. The zero-order valence-electron chi connectivity index (χ0n) is 10.9. The van der Waals surface area contributed by atoms with E-state index in [1.807, 2.05) is 13.8 Å². The SMILES string of the molecule is CCCC(N)CNC(=O)c1cc(C)nn1CC. The second kappa shape index (κ2) is 6.39. The molecule has 0 bridgehead atoms. The van der Waals surface area contributed by atoms with Gasteiger partial charge >= 0.3 is 0 Å². The van der Waals surface area contributed by atoms with Gasteiger partial charge in [-0.25, -0.2) is 0 Å². The van der Waals surface area contributed by atoms with E-state index >= 15 is 0 Å². The summed E-state index contributed by atoms with van der Waals surface area (Å²) in [5.74, 6) is -0.0981. The van der Waals surface area contributed by atoms with Crippen molar-refractivity contribution >= 4 is 5.91 Å². The number of nitrogens with one attached hydrogen (secondary N) is 1. The molecular weight excluding hydrogens is 216 g/mol. The maximum Gasteiger partial charge on any atom is 0.269 e. The standard InChI is InChI=1S/C12H22N4O/c1-4-6-10(13)8-14-12(17)11-7-9(3)15-16(11)5-2/h7,10H,4-6,8,13H2,1-3H3,(H,14,17). The van der Waals surface area contributed by atoms with Gasteiger partial charge in [0.1, 0.15) is 5.69 Å². The average Bonchev–Trinajstić information content (AvgIpc) is 2.68. The quantitative estimate of drug-likeness (QED) is 0.778. The Bertz CT molecular complexity index is 373. The Hall–Kier alpha value is -1.36. The van der Waals surface area contributed by atoms with E-state index in [9.17, 15) is 4.79 Å². The molecule has 0 aliphatic carbocycles. The van der Waals surface area contributed by atoms with Crippen molar-refractivity contribution in [2.75, 3.05) is 6.54 Å². The number of carbonyl (C=O) groups excluding carboxylic acids is 1. The predicted molar refractivity (Wildman–Crippen MR) is 67.9 cm³/mol. The molecule has 0 fully saturated rings. The Labute approximate surface area is 102 Å². The summed E-state index contributed by atoms with van der Waals surface area (Å²) in [6, 6.07) is 1.83. The van der Waals surface area contributed by atoms with E-state index < -0.39 is 0 Å². The molecule has 17 heavy (non-hydrogen) atoms. The van der Waals surface area contributed by atoms with E-state index in [4.69, 9.17) is 5.73 Å². The summed E-state index contributed by atoms with van der Waals surface area (Å²) < 4.78 is 1.70. The van der Waals surface area contributed by atoms with Gasteiger partial charge in [0.05, 0.1) is 5.69 Å². The van der Waals surface area contributed by atoms with Gasteiger partial charge < -0.3 is 11.1 Å². The third-order valence-electron chi connectivity index (χ3n) is 2.62. The molecule has 1 unspecified atom stereocenters. The second-order valence-electron chi connectivity index (χ2n) is 4.25. The highest BCUT2D eigenvalue weighted by molar-refractivity contribution is 5.92. The lowest BCUT2D eigenvalue weighted by atomic mass is 10.2. The Morgan fingerprint density at radius 1 is 1.59 bits per heavy atom. The number of nitrogens with two attached hydrogens (primary N) is 1. The molecule has 0 saturated carbocycles. The second-order valence-corrected chi connectivity index (χ2v) is 4.25. The summed E-state index contributed by atoms with van der Waals surface area (Å²) in [5, 5.41) is 7.09. The van der Waals surface area contributed by atoms with Crippen LogP contribution in [-0.2, 0) is 6.54 Å². The summed E-state index contributed by atoms with van der Waals surface area (Å²) in [6.45, 7) is 7.13. The van der Waals surface area contributed by atoms with Gasteiger partial charge in [0.25, 0.3) is 5.91 Å². The van der Waals surface area contributed by atoms with Crippen molar-refractivity contribution in [2.45, 2.75) is 46.2 Å². The molecule has 0 aliphatic rings. The number of hydrogen-bond acceptors (Lipinski definition) is 3. The minimum absolute atomic E-state index is 0.0306. The maximum absolute atomic E-state index is 11.9. The van der Waals surface area contributed by atoms with E-state index in [2.05, 4.69) is 17.3 Å². The molecule has 1 heterocycles. The number of amides is 1. The summed E-state index contributed by atoms with van der Waals surface area (Å²) in [4.78, 5) is 11.9. The minimum Gasteiger partial charge on any atom is -0.349 e.